The van der Waals surface area contributed by atoms with Crippen LogP contribution in [-0.4, -0.2) is 42.5 Å². The van der Waals surface area contributed by atoms with Gasteiger partial charge in [-0.1, -0.05) is 6.42 Å². The molecule has 7 nitrogen and oxygen atoms in total. The van der Waals surface area contributed by atoms with Gasteiger partial charge in [-0.05, 0) is 68.9 Å². The number of rotatable bonds is 2. The van der Waals surface area contributed by atoms with E-state index >= 15 is 0 Å². The van der Waals surface area contributed by atoms with Crippen molar-refractivity contribution in [1.29, 1.82) is 0 Å². The molecule has 4 heterocycles. The molecule has 2 fully saturated rings. The number of fused-ring (bicyclic) bond motifs is 1. The minimum absolute atomic E-state index is 0.541. The molecular formula is C21H25N7. The van der Waals surface area contributed by atoms with Crippen molar-refractivity contribution in [2.24, 2.45) is 7.05 Å². The molecule has 0 spiro atoms. The first-order chi connectivity index (χ1) is 13.6. The van der Waals surface area contributed by atoms with E-state index < -0.39 is 0 Å². The predicted molar refractivity (Wildman–Crippen MR) is 107 cm³/mol. The van der Waals surface area contributed by atoms with E-state index in [0.29, 0.717) is 11.7 Å². The Morgan fingerprint density at radius 3 is 2.50 bits per heavy atom. The highest BCUT2D eigenvalue weighted by molar-refractivity contribution is 5.51. The zero-order chi connectivity index (χ0) is 19.3. The van der Waals surface area contributed by atoms with E-state index in [1.165, 1.54) is 37.7 Å². The van der Waals surface area contributed by atoms with Gasteiger partial charge in [-0.2, -0.15) is 10.1 Å². The average molecular weight is 375 g/mol. The van der Waals surface area contributed by atoms with Gasteiger partial charge in [0.15, 0.2) is 5.65 Å². The summed E-state index contributed by atoms with van der Waals surface area (Å²) in [5.41, 5.74) is 5.05. The van der Waals surface area contributed by atoms with Gasteiger partial charge in [-0.3, -0.25) is 0 Å². The minimum atomic E-state index is 0.541. The maximum absolute atomic E-state index is 4.84. The van der Waals surface area contributed by atoms with Crippen molar-refractivity contribution < 1.29 is 0 Å². The highest BCUT2D eigenvalue weighted by Crippen LogP contribution is 2.38. The van der Waals surface area contributed by atoms with E-state index in [-0.39, 0.29) is 0 Å². The molecule has 5 rings (SSSR count). The summed E-state index contributed by atoms with van der Waals surface area (Å²) in [6.07, 6.45) is 6.09. The summed E-state index contributed by atoms with van der Waals surface area (Å²) >= 11 is 0. The van der Waals surface area contributed by atoms with E-state index in [0.717, 1.165) is 41.8 Å². The van der Waals surface area contributed by atoms with E-state index in [9.17, 15) is 0 Å². The predicted octanol–water partition coefficient (Wildman–Crippen LogP) is 2.74. The average Bonchev–Trinajstić information content (AvgIpc) is 3.33. The lowest BCUT2D eigenvalue weighted by atomic mass is 9.79. The van der Waals surface area contributed by atoms with Gasteiger partial charge in [-0.15, -0.1) is 5.10 Å². The van der Waals surface area contributed by atoms with Crippen molar-refractivity contribution in [3.05, 3.63) is 34.5 Å². The summed E-state index contributed by atoms with van der Waals surface area (Å²) in [5.74, 6) is 8.53. The molecule has 3 aromatic heterocycles. The fourth-order valence-electron chi connectivity index (χ4n) is 3.98. The summed E-state index contributed by atoms with van der Waals surface area (Å²) in [7, 11) is 1.91. The van der Waals surface area contributed by atoms with Crippen LogP contribution in [0.4, 0.5) is 5.95 Å². The van der Waals surface area contributed by atoms with Crippen LogP contribution in [0.25, 0.3) is 5.65 Å². The molecule has 144 valence electrons. The van der Waals surface area contributed by atoms with Crippen molar-refractivity contribution in [1.82, 2.24) is 29.4 Å². The van der Waals surface area contributed by atoms with Crippen molar-refractivity contribution >= 4 is 11.6 Å². The first kappa shape index (κ1) is 17.2. The quantitative estimate of drug-likeness (QED) is 0.645. The maximum Gasteiger partial charge on any atom is 0.245 e. The largest absolute Gasteiger partial charge is 0.340 e. The first-order valence-corrected chi connectivity index (χ1v) is 10.1. The van der Waals surface area contributed by atoms with Crippen molar-refractivity contribution in [3.8, 4) is 11.8 Å². The van der Waals surface area contributed by atoms with Crippen molar-refractivity contribution in [3.63, 3.8) is 0 Å². The summed E-state index contributed by atoms with van der Waals surface area (Å²) in [5, 5.41) is 9.39. The Hall–Kier alpha value is -2.88. The molecule has 1 aliphatic heterocycles. The molecule has 0 unspecified atom stereocenters. The van der Waals surface area contributed by atoms with E-state index in [4.69, 9.17) is 5.10 Å². The van der Waals surface area contributed by atoms with Crippen LogP contribution >= 0.6 is 0 Å². The zero-order valence-electron chi connectivity index (χ0n) is 16.7. The van der Waals surface area contributed by atoms with Gasteiger partial charge >= 0.3 is 0 Å². The van der Waals surface area contributed by atoms with Crippen molar-refractivity contribution in [2.75, 3.05) is 18.0 Å². The van der Waals surface area contributed by atoms with Gasteiger partial charge in [0.1, 0.15) is 5.69 Å². The Kier molecular flexibility index (Phi) is 4.08. The fraction of sp³-hybridized carbons (Fsp3) is 0.524. The van der Waals surface area contributed by atoms with Crippen LogP contribution in [0.2, 0.25) is 0 Å². The molecular weight excluding hydrogens is 350 g/mol. The number of anilines is 1. The number of aryl methyl sites for hydroxylation is 3. The summed E-state index contributed by atoms with van der Waals surface area (Å²) in [6.45, 7) is 6.13. The van der Waals surface area contributed by atoms with Crippen LogP contribution in [0, 0.1) is 25.7 Å². The third-order valence-electron chi connectivity index (χ3n) is 6.08. The second-order valence-electron chi connectivity index (χ2n) is 7.93. The molecule has 3 aromatic rings. The Morgan fingerprint density at radius 2 is 1.79 bits per heavy atom. The number of imidazole rings is 1. The summed E-state index contributed by atoms with van der Waals surface area (Å²) in [6, 6.07) is 2.17. The van der Waals surface area contributed by atoms with E-state index in [1.54, 1.807) is 4.68 Å². The standard InChI is InChI=1S/C21H25N7/c1-14-15(2)28-20(22-14)13-17(16-7-6-8-16)18(24-28)9-10-19-23-21(25-26(19)3)27-11-4-5-12-27/h13,16H,4-8,11-12H2,1-3H3. The SMILES string of the molecule is Cc1nc2cc(C3CCC3)c(C#Cc3nc(N4CCCC4)nn3C)nn2c1C. The Balaban J connectivity index is 1.55. The number of hydrogen-bond donors (Lipinski definition) is 0. The fourth-order valence-corrected chi connectivity index (χ4v) is 3.98. The van der Waals surface area contributed by atoms with E-state index in [1.807, 2.05) is 25.4 Å². The normalized spacial score (nSPS) is 17.0. The monoisotopic (exact) mass is 375 g/mol. The van der Waals surface area contributed by atoms with Crippen LogP contribution in [0.15, 0.2) is 6.07 Å². The zero-order valence-corrected chi connectivity index (χ0v) is 16.7. The summed E-state index contributed by atoms with van der Waals surface area (Å²) < 4.78 is 3.68. The lowest BCUT2D eigenvalue weighted by molar-refractivity contribution is 0.417. The van der Waals surface area contributed by atoms with Gasteiger partial charge in [0.2, 0.25) is 11.8 Å². The Morgan fingerprint density at radius 1 is 1.00 bits per heavy atom. The molecule has 0 N–H and O–H groups in total. The van der Waals surface area contributed by atoms with Gasteiger partial charge in [-0.25, -0.2) is 14.2 Å². The van der Waals surface area contributed by atoms with Crippen LogP contribution in [0.5, 0.6) is 0 Å². The molecule has 0 aromatic carbocycles. The molecule has 1 saturated heterocycles. The molecule has 1 aliphatic carbocycles. The number of hydrogen-bond acceptors (Lipinski definition) is 5. The van der Waals surface area contributed by atoms with Gasteiger partial charge in [0.25, 0.3) is 0 Å². The maximum atomic E-state index is 4.84. The van der Waals surface area contributed by atoms with E-state index in [2.05, 4.69) is 37.9 Å². The Bertz CT molecular complexity index is 1100. The molecule has 0 radical (unpaired) electrons. The molecule has 7 heteroatoms. The van der Waals surface area contributed by atoms with Crippen molar-refractivity contribution in [2.45, 2.75) is 51.9 Å². The first-order valence-electron chi connectivity index (χ1n) is 10.1. The molecule has 0 amide bonds. The number of nitrogens with zero attached hydrogens (tertiary/aromatic N) is 7. The topological polar surface area (TPSA) is 64.1 Å². The minimum Gasteiger partial charge on any atom is -0.340 e. The smallest absolute Gasteiger partial charge is 0.245 e. The molecule has 28 heavy (non-hydrogen) atoms. The summed E-state index contributed by atoms with van der Waals surface area (Å²) in [4.78, 5) is 11.5. The second kappa shape index (κ2) is 6.62. The van der Waals surface area contributed by atoms with Crippen LogP contribution in [0.3, 0.4) is 0 Å². The third-order valence-corrected chi connectivity index (χ3v) is 6.08. The van der Waals surface area contributed by atoms with Gasteiger partial charge in [0.05, 0.1) is 11.4 Å². The molecule has 0 atom stereocenters. The highest BCUT2D eigenvalue weighted by Gasteiger charge is 2.24. The molecule has 1 saturated carbocycles. The van der Waals surface area contributed by atoms with Crippen LogP contribution < -0.4 is 4.90 Å². The Labute approximate surface area is 164 Å². The third kappa shape index (κ3) is 2.84. The number of aromatic nitrogens is 6. The lowest BCUT2D eigenvalue weighted by Gasteiger charge is -2.26. The van der Waals surface area contributed by atoms with Gasteiger partial charge in [0, 0.05) is 20.1 Å². The van der Waals surface area contributed by atoms with Gasteiger partial charge < -0.3 is 4.90 Å². The van der Waals surface area contributed by atoms with Crippen LogP contribution in [0.1, 0.15) is 66.5 Å². The second-order valence-corrected chi connectivity index (χ2v) is 7.93. The lowest BCUT2D eigenvalue weighted by Crippen LogP contribution is -2.19. The molecule has 0 bridgehead atoms. The molecule has 2 aliphatic rings. The highest BCUT2D eigenvalue weighted by atomic mass is 15.4. The van der Waals surface area contributed by atoms with Crippen LogP contribution in [-0.2, 0) is 7.05 Å².